The molecular formula is C23H23N9O3. The van der Waals surface area contributed by atoms with E-state index in [-0.39, 0.29) is 30.0 Å². The second-order valence-electron chi connectivity index (χ2n) is 8.09. The number of anilines is 3. The van der Waals surface area contributed by atoms with Gasteiger partial charge in [-0.05, 0) is 31.5 Å². The summed E-state index contributed by atoms with van der Waals surface area (Å²) >= 11 is 0. The van der Waals surface area contributed by atoms with E-state index in [1.54, 1.807) is 23.0 Å². The molecule has 35 heavy (non-hydrogen) atoms. The molecule has 0 saturated carbocycles. The third-order valence-electron chi connectivity index (χ3n) is 5.40. The van der Waals surface area contributed by atoms with Gasteiger partial charge in [0.15, 0.2) is 5.65 Å². The predicted octanol–water partition coefficient (Wildman–Crippen LogP) is 3.03. The smallest absolute Gasteiger partial charge is 0.273 e. The minimum atomic E-state index is -0.435. The molecule has 0 spiro atoms. The van der Waals surface area contributed by atoms with Gasteiger partial charge in [0.25, 0.3) is 11.4 Å². The van der Waals surface area contributed by atoms with Gasteiger partial charge in [-0.15, -0.1) is 10.2 Å². The second kappa shape index (κ2) is 9.35. The first-order valence-corrected chi connectivity index (χ1v) is 11.0. The molecule has 4 heterocycles. The summed E-state index contributed by atoms with van der Waals surface area (Å²) < 4.78 is 7.06. The van der Waals surface area contributed by atoms with Crippen molar-refractivity contribution in [1.29, 1.82) is 0 Å². The molecule has 1 aromatic carbocycles. The lowest BCUT2D eigenvalue weighted by molar-refractivity contribution is 0.276. The Hall–Kier alpha value is -4.58. The second-order valence-corrected chi connectivity index (χ2v) is 8.09. The van der Waals surface area contributed by atoms with E-state index in [4.69, 9.17) is 4.42 Å². The Bertz CT molecular complexity index is 1490. The molecule has 0 fully saturated rings. The van der Waals surface area contributed by atoms with E-state index in [2.05, 4.69) is 40.9 Å². The molecule has 5 rings (SSSR count). The van der Waals surface area contributed by atoms with Crippen molar-refractivity contribution in [2.75, 3.05) is 17.2 Å². The zero-order chi connectivity index (χ0) is 24.4. The van der Waals surface area contributed by atoms with E-state index < -0.39 is 6.04 Å². The van der Waals surface area contributed by atoms with Gasteiger partial charge in [-0.2, -0.15) is 4.98 Å². The lowest BCUT2D eigenvalue weighted by Crippen LogP contribution is -2.17. The zero-order valence-corrected chi connectivity index (χ0v) is 19.0. The van der Waals surface area contributed by atoms with E-state index >= 15 is 0 Å². The molecule has 0 bridgehead atoms. The van der Waals surface area contributed by atoms with Crippen LogP contribution in [0.15, 0.2) is 64.3 Å². The highest BCUT2D eigenvalue weighted by Gasteiger charge is 2.19. The van der Waals surface area contributed by atoms with Crippen molar-refractivity contribution in [2.45, 2.75) is 25.9 Å². The summed E-state index contributed by atoms with van der Waals surface area (Å²) in [6.07, 6.45) is 2.76. The van der Waals surface area contributed by atoms with Crippen LogP contribution in [-0.2, 0) is 0 Å². The van der Waals surface area contributed by atoms with Gasteiger partial charge in [0.1, 0.15) is 11.6 Å². The standard InChI is InChI=1S/C23H23N9O3/c1-13(2)32-20-15(21(34)31-32)8-9-18(27-20)28-23-24-10-16(22-30-25-12-35-22)19(29-23)26-17(11-33)14-6-4-3-5-7-14/h3-10,12-13,17,33H,11H2,1-2H3,(H,31,34)(H2,24,26,27,28,29)/t17-/m1/s1. The van der Waals surface area contributed by atoms with Gasteiger partial charge < -0.3 is 20.2 Å². The van der Waals surface area contributed by atoms with Crippen LogP contribution >= 0.6 is 0 Å². The van der Waals surface area contributed by atoms with Crippen molar-refractivity contribution in [3.8, 4) is 11.5 Å². The van der Waals surface area contributed by atoms with Crippen molar-refractivity contribution >= 4 is 28.6 Å². The number of nitrogens with one attached hydrogen (secondary N) is 3. The number of nitrogens with zero attached hydrogens (tertiary/aromatic N) is 6. The van der Waals surface area contributed by atoms with E-state index in [9.17, 15) is 9.90 Å². The SMILES string of the molecule is CC(C)n1[nH]c(=O)c2ccc(Nc3ncc(-c4nnco4)c(N[C@H](CO)c4ccccc4)n3)nc21. The molecule has 0 amide bonds. The Balaban J connectivity index is 1.51. The van der Waals surface area contributed by atoms with Crippen molar-refractivity contribution in [3.05, 3.63) is 71.0 Å². The lowest BCUT2D eigenvalue weighted by Gasteiger charge is -2.19. The maximum Gasteiger partial charge on any atom is 0.273 e. The Morgan fingerprint density at radius 1 is 1.14 bits per heavy atom. The van der Waals surface area contributed by atoms with Crippen LogP contribution in [0.4, 0.5) is 17.6 Å². The summed E-state index contributed by atoms with van der Waals surface area (Å²) in [5.41, 5.74) is 1.69. The normalized spacial score (nSPS) is 12.2. The first kappa shape index (κ1) is 22.2. The fourth-order valence-electron chi connectivity index (χ4n) is 3.67. The zero-order valence-electron chi connectivity index (χ0n) is 19.0. The summed E-state index contributed by atoms with van der Waals surface area (Å²) in [5, 5.41) is 27.3. The van der Waals surface area contributed by atoms with E-state index in [1.165, 1.54) is 6.39 Å². The Morgan fingerprint density at radius 3 is 2.69 bits per heavy atom. The number of hydrogen-bond donors (Lipinski definition) is 4. The van der Waals surface area contributed by atoms with E-state index in [0.29, 0.717) is 28.2 Å². The average Bonchev–Trinajstić information content (AvgIpc) is 3.51. The number of aromatic amines is 1. The van der Waals surface area contributed by atoms with Gasteiger partial charge in [-0.1, -0.05) is 30.3 Å². The molecule has 4 N–H and O–H groups in total. The summed E-state index contributed by atoms with van der Waals surface area (Å²) in [6, 6.07) is 12.5. The van der Waals surface area contributed by atoms with Gasteiger partial charge >= 0.3 is 0 Å². The number of benzene rings is 1. The summed E-state index contributed by atoms with van der Waals surface area (Å²) in [5.74, 6) is 1.33. The number of hydrogen-bond acceptors (Lipinski definition) is 10. The molecule has 1 atom stereocenters. The molecule has 0 unspecified atom stereocenters. The molecule has 12 heteroatoms. The molecular weight excluding hydrogens is 450 g/mol. The number of aromatic nitrogens is 7. The predicted molar refractivity (Wildman–Crippen MR) is 129 cm³/mol. The third kappa shape index (κ3) is 4.46. The molecule has 178 valence electrons. The Labute approximate surface area is 199 Å². The van der Waals surface area contributed by atoms with E-state index in [1.807, 2.05) is 44.2 Å². The van der Waals surface area contributed by atoms with Crippen LogP contribution in [0.5, 0.6) is 0 Å². The average molecular weight is 473 g/mol. The van der Waals surface area contributed by atoms with Gasteiger partial charge in [-0.3, -0.25) is 14.6 Å². The molecule has 0 saturated heterocycles. The number of aliphatic hydroxyl groups excluding tert-OH is 1. The van der Waals surface area contributed by atoms with Crippen LogP contribution in [0.3, 0.4) is 0 Å². The number of H-pyrrole nitrogens is 1. The number of aliphatic hydroxyl groups is 1. The Kier molecular flexibility index (Phi) is 5.94. The van der Waals surface area contributed by atoms with Crippen LogP contribution in [0, 0.1) is 0 Å². The molecule has 5 aromatic rings. The third-order valence-corrected chi connectivity index (χ3v) is 5.40. The number of rotatable bonds is 8. The van der Waals surface area contributed by atoms with Crippen molar-refractivity contribution < 1.29 is 9.52 Å². The van der Waals surface area contributed by atoms with Gasteiger partial charge in [0, 0.05) is 12.2 Å². The lowest BCUT2D eigenvalue weighted by atomic mass is 10.1. The van der Waals surface area contributed by atoms with Crippen LogP contribution in [-0.4, -0.2) is 46.6 Å². The van der Waals surface area contributed by atoms with Crippen LogP contribution < -0.4 is 16.2 Å². The first-order chi connectivity index (χ1) is 17.0. The topological polar surface area (TPSA) is 160 Å². The fraction of sp³-hybridized carbons (Fsp3) is 0.217. The highest BCUT2D eigenvalue weighted by molar-refractivity contribution is 5.77. The van der Waals surface area contributed by atoms with E-state index in [0.717, 1.165) is 5.56 Å². The Morgan fingerprint density at radius 2 is 1.97 bits per heavy atom. The maximum atomic E-state index is 12.2. The van der Waals surface area contributed by atoms with Gasteiger partial charge in [0.2, 0.25) is 12.3 Å². The molecule has 0 aliphatic rings. The minimum Gasteiger partial charge on any atom is -0.423 e. The molecule has 4 aromatic heterocycles. The number of pyridine rings is 1. The highest BCUT2D eigenvalue weighted by Crippen LogP contribution is 2.29. The largest absolute Gasteiger partial charge is 0.423 e. The quantitative estimate of drug-likeness (QED) is 0.264. The molecule has 0 aliphatic heterocycles. The summed E-state index contributed by atoms with van der Waals surface area (Å²) in [4.78, 5) is 25.7. The highest BCUT2D eigenvalue weighted by atomic mass is 16.4. The van der Waals surface area contributed by atoms with Crippen molar-refractivity contribution in [3.63, 3.8) is 0 Å². The van der Waals surface area contributed by atoms with Crippen LogP contribution in [0.25, 0.3) is 22.5 Å². The molecule has 0 aliphatic carbocycles. The van der Waals surface area contributed by atoms with Crippen molar-refractivity contribution in [1.82, 2.24) is 34.9 Å². The van der Waals surface area contributed by atoms with Crippen LogP contribution in [0.2, 0.25) is 0 Å². The van der Waals surface area contributed by atoms with Gasteiger partial charge in [0.05, 0.1) is 23.6 Å². The maximum absolute atomic E-state index is 12.2. The summed E-state index contributed by atoms with van der Waals surface area (Å²) in [6.45, 7) is 3.75. The molecule has 12 nitrogen and oxygen atoms in total. The van der Waals surface area contributed by atoms with Crippen molar-refractivity contribution in [2.24, 2.45) is 0 Å². The first-order valence-electron chi connectivity index (χ1n) is 11.0. The summed E-state index contributed by atoms with van der Waals surface area (Å²) in [7, 11) is 0. The molecule has 0 radical (unpaired) electrons. The minimum absolute atomic E-state index is 0.0251. The monoisotopic (exact) mass is 473 g/mol. The van der Waals surface area contributed by atoms with Gasteiger partial charge in [-0.25, -0.2) is 9.97 Å². The van der Waals surface area contributed by atoms with Crippen LogP contribution in [0.1, 0.15) is 31.5 Å². The fourth-order valence-corrected chi connectivity index (χ4v) is 3.67. The number of fused-ring (bicyclic) bond motifs is 1.